The van der Waals surface area contributed by atoms with E-state index in [1.54, 1.807) is 6.07 Å². The monoisotopic (exact) mass is 233 g/mol. The number of nitrogens with one attached hydrogen (secondary N) is 1. The van der Waals surface area contributed by atoms with Gasteiger partial charge in [0.25, 0.3) is 0 Å². The average Bonchev–Trinajstić information content (AvgIpc) is 2.29. The molecule has 0 saturated carbocycles. The molecule has 0 aliphatic heterocycles. The molecule has 1 N–H and O–H groups in total. The number of hydrogen-bond donors (Lipinski definition) is 1. The molecule has 0 fully saturated rings. The van der Waals surface area contributed by atoms with Crippen molar-refractivity contribution in [1.82, 2.24) is 9.97 Å². The van der Waals surface area contributed by atoms with Crippen molar-refractivity contribution in [2.75, 3.05) is 5.32 Å². The number of aromatic nitrogens is 2. The van der Waals surface area contributed by atoms with Gasteiger partial charge in [0.1, 0.15) is 5.15 Å². The fraction of sp³-hybridized carbons (Fsp3) is 0.167. The van der Waals surface area contributed by atoms with Crippen LogP contribution in [0.1, 0.15) is 12.6 Å². The van der Waals surface area contributed by atoms with Gasteiger partial charge in [-0.05, 0) is 24.6 Å². The molecule has 1 aromatic heterocycles. The zero-order chi connectivity index (χ0) is 11.4. The number of anilines is 2. The van der Waals surface area contributed by atoms with Crippen molar-refractivity contribution < 1.29 is 0 Å². The molecule has 0 radical (unpaired) electrons. The highest BCUT2D eigenvalue weighted by Crippen LogP contribution is 2.15. The summed E-state index contributed by atoms with van der Waals surface area (Å²) in [5, 5.41) is 3.58. The summed E-state index contributed by atoms with van der Waals surface area (Å²) in [4.78, 5) is 8.46. The fourth-order valence-corrected chi connectivity index (χ4v) is 1.56. The molecule has 3 nitrogen and oxygen atoms in total. The van der Waals surface area contributed by atoms with Crippen LogP contribution in [-0.2, 0) is 6.42 Å². The predicted octanol–water partition coefficient (Wildman–Crippen LogP) is 3.44. The Kier molecular flexibility index (Phi) is 3.37. The third-order valence-electron chi connectivity index (χ3n) is 2.14. The first-order valence-electron chi connectivity index (χ1n) is 5.13. The van der Waals surface area contributed by atoms with Crippen LogP contribution in [-0.4, -0.2) is 9.97 Å². The van der Waals surface area contributed by atoms with Gasteiger partial charge in [0.05, 0.1) is 0 Å². The fourth-order valence-electron chi connectivity index (χ4n) is 1.35. The predicted molar refractivity (Wildman–Crippen MR) is 66.1 cm³/mol. The van der Waals surface area contributed by atoms with Crippen LogP contribution < -0.4 is 5.32 Å². The maximum Gasteiger partial charge on any atom is 0.228 e. The first kappa shape index (κ1) is 10.9. The zero-order valence-corrected chi connectivity index (χ0v) is 9.70. The zero-order valence-electron chi connectivity index (χ0n) is 8.94. The summed E-state index contributed by atoms with van der Waals surface area (Å²) >= 11 is 5.90. The molecule has 0 spiro atoms. The van der Waals surface area contributed by atoms with Gasteiger partial charge in [-0.25, -0.2) is 9.97 Å². The molecule has 82 valence electrons. The Labute approximate surface area is 99.5 Å². The van der Waals surface area contributed by atoms with Gasteiger partial charge in [-0.15, -0.1) is 0 Å². The topological polar surface area (TPSA) is 37.8 Å². The lowest BCUT2D eigenvalue weighted by Gasteiger charge is -2.06. The number of nitrogens with zero attached hydrogens (tertiary/aromatic N) is 2. The average molecular weight is 234 g/mol. The summed E-state index contributed by atoms with van der Waals surface area (Å²) in [6.07, 6.45) is 0.839. The van der Waals surface area contributed by atoms with E-state index in [1.165, 1.54) is 0 Å². The van der Waals surface area contributed by atoms with E-state index < -0.39 is 0 Å². The second-order valence-electron chi connectivity index (χ2n) is 3.35. The Morgan fingerprint density at radius 1 is 1.19 bits per heavy atom. The minimum absolute atomic E-state index is 0.463. The molecule has 1 heterocycles. The minimum atomic E-state index is 0.463. The van der Waals surface area contributed by atoms with E-state index in [9.17, 15) is 0 Å². The van der Waals surface area contributed by atoms with Crippen LogP contribution in [0.15, 0.2) is 36.4 Å². The molecule has 4 heteroatoms. The highest BCUT2D eigenvalue weighted by Gasteiger charge is 2.01. The SMILES string of the molecule is CCc1cc(Cl)nc(Nc2ccccc2)n1. The molecular formula is C12H12ClN3. The number of benzene rings is 1. The molecule has 2 rings (SSSR count). The van der Waals surface area contributed by atoms with Crippen LogP contribution in [0.25, 0.3) is 0 Å². The van der Waals surface area contributed by atoms with Gasteiger partial charge in [-0.1, -0.05) is 36.7 Å². The highest BCUT2D eigenvalue weighted by molar-refractivity contribution is 6.29. The van der Waals surface area contributed by atoms with Crippen molar-refractivity contribution in [2.45, 2.75) is 13.3 Å². The Morgan fingerprint density at radius 3 is 2.62 bits per heavy atom. The largest absolute Gasteiger partial charge is 0.324 e. The van der Waals surface area contributed by atoms with Crippen LogP contribution in [0.3, 0.4) is 0 Å². The van der Waals surface area contributed by atoms with Crippen LogP contribution in [0.2, 0.25) is 5.15 Å². The molecular weight excluding hydrogens is 222 g/mol. The van der Waals surface area contributed by atoms with Crippen molar-refractivity contribution in [3.8, 4) is 0 Å². The van der Waals surface area contributed by atoms with Crippen molar-refractivity contribution in [2.24, 2.45) is 0 Å². The lowest BCUT2D eigenvalue weighted by Crippen LogP contribution is -1.99. The quantitative estimate of drug-likeness (QED) is 0.826. The van der Waals surface area contributed by atoms with Crippen LogP contribution in [0, 0.1) is 0 Å². The Balaban J connectivity index is 2.24. The molecule has 0 aliphatic carbocycles. The van der Waals surface area contributed by atoms with Crippen LogP contribution in [0.5, 0.6) is 0 Å². The molecule has 2 aromatic rings. The third-order valence-corrected chi connectivity index (χ3v) is 2.33. The molecule has 0 unspecified atom stereocenters. The first-order chi connectivity index (χ1) is 7.78. The molecule has 0 aliphatic rings. The first-order valence-corrected chi connectivity index (χ1v) is 5.51. The van der Waals surface area contributed by atoms with E-state index in [1.807, 2.05) is 37.3 Å². The van der Waals surface area contributed by atoms with Crippen LogP contribution in [0.4, 0.5) is 11.6 Å². The standard InChI is InChI=1S/C12H12ClN3/c1-2-9-8-11(13)16-12(14-9)15-10-6-4-3-5-7-10/h3-8H,2H2,1H3,(H,14,15,16). The van der Waals surface area contributed by atoms with Gasteiger partial charge in [0, 0.05) is 11.4 Å². The van der Waals surface area contributed by atoms with Crippen molar-refractivity contribution in [3.05, 3.63) is 47.2 Å². The summed E-state index contributed by atoms with van der Waals surface area (Å²) in [6.45, 7) is 2.03. The van der Waals surface area contributed by atoms with Crippen molar-refractivity contribution in [1.29, 1.82) is 0 Å². The molecule has 0 bridgehead atoms. The summed E-state index contributed by atoms with van der Waals surface area (Å²) in [7, 11) is 0. The Hall–Kier alpha value is -1.61. The molecule has 0 amide bonds. The van der Waals surface area contributed by atoms with E-state index in [2.05, 4.69) is 15.3 Å². The summed E-state index contributed by atoms with van der Waals surface area (Å²) in [6, 6.07) is 11.5. The second kappa shape index (κ2) is 4.94. The second-order valence-corrected chi connectivity index (χ2v) is 3.74. The summed E-state index contributed by atoms with van der Waals surface area (Å²) in [5.41, 5.74) is 1.88. The maximum atomic E-state index is 5.90. The summed E-state index contributed by atoms with van der Waals surface area (Å²) in [5.74, 6) is 0.538. The highest BCUT2D eigenvalue weighted by atomic mass is 35.5. The minimum Gasteiger partial charge on any atom is -0.324 e. The maximum absolute atomic E-state index is 5.90. The van der Waals surface area contributed by atoms with Crippen LogP contribution >= 0.6 is 11.6 Å². The van der Waals surface area contributed by atoms with Crippen molar-refractivity contribution in [3.63, 3.8) is 0 Å². The Bertz CT molecular complexity index is 471. The number of halogens is 1. The van der Waals surface area contributed by atoms with E-state index in [0.29, 0.717) is 11.1 Å². The van der Waals surface area contributed by atoms with E-state index in [-0.39, 0.29) is 0 Å². The molecule has 1 aromatic carbocycles. The number of rotatable bonds is 3. The normalized spacial score (nSPS) is 10.1. The van der Waals surface area contributed by atoms with Gasteiger partial charge in [0.15, 0.2) is 0 Å². The van der Waals surface area contributed by atoms with Gasteiger partial charge < -0.3 is 5.32 Å². The lowest BCUT2D eigenvalue weighted by atomic mass is 10.3. The van der Waals surface area contributed by atoms with E-state index in [4.69, 9.17) is 11.6 Å². The third kappa shape index (κ3) is 2.70. The van der Waals surface area contributed by atoms with Crippen molar-refractivity contribution >= 4 is 23.2 Å². The van der Waals surface area contributed by atoms with Gasteiger partial charge >= 0.3 is 0 Å². The van der Waals surface area contributed by atoms with Gasteiger partial charge in [-0.3, -0.25) is 0 Å². The van der Waals surface area contributed by atoms with E-state index >= 15 is 0 Å². The van der Waals surface area contributed by atoms with Gasteiger partial charge in [-0.2, -0.15) is 0 Å². The molecule has 0 atom stereocenters. The Morgan fingerprint density at radius 2 is 1.94 bits per heavy atom. The smallest absolute Gasteiger partial charge is 0.228 e. The summed E-state index contributed by atoms with van der Waals surface area (Å²) < 4.78 is 0. The molecule has 16 heavy (non-hydrogen) atoms. The molecule has 0 saturated heterocycles. The number of para-hydroxylation sites is 1. The van der Waals surface area contributed by atoms with E-state index in [0.717, 1.165) is 17.8 Å². The number of hydrogen-bond acceptors (Lipinski definition) is 3. The van der Waals surface area contributed by atoms with Gasteiger partial charge in [0.2, 0.25) is 5.95 Å². The lowest BCUT2D eigenvalue weighted by molar-refractivity contribution is 1.00. The number of aryl methyl sites for hydroxylation is 1.